The molecule has 0 saturated carbocycles. The van der Waals surface area contributed by atoms with Crippen molar-refractivity contribution < 1.29 is 9.15 Å². The minimum atomic E-state index is 0.428. The smallest absolute Gasteiger partial charge is 0.209 e. The highest BCUT2D eigenvalue weighted by atomic mass is 79.9. The summed E-state index contributed by atoms with van der Waals surface area (Å²) in [6.07, 6.45) is 1.06. The van der Waals surface area contributed by atoms with Gasteiger partial charge in [0.05, 0.1) is 13.2 Å². The molecule has 17 heavy (non-hydrogen) atoms. The van der Waals surface area contributed by atoms with Gasteiger partial charge in [-0.1, -0.05) is 15.9 Å². The lowest BCUT2D eigenvalue weighted by molar-refractivity contribution is 0.189. The van der Waals surface area contributed by atoms with Crippen LogP contribution >= 0.6 is 15.9 Å². The number of aromatic nitrogens is 1. The Morgan fingerprint density at radius 2 is 2.41 bits per heavy atom. The molecule has 2 aromatic rings. The van der Waals surface area contributed by atoms with Crippen LogP contribution in [0.2, 0.25) is 0 Å². The maximum Gasteiger partial charge on any atom is 0.209 e. The Balaban J connectivity index is 1.72. The third-order valence-electron chi connectivity index (χ3n) is 2.87. The molecule has 0 aliphatic carbocycles. The third-order valence-corrected chi connectivity index (χ3v) is 3.36. The number of hydrogen-bond acceptors (Lipinski definition) is 4. The Labute approximate surface area is 107 Å². The molecule has 0 bridgehead atoms. The van der Waals surface area contributed by atoms with Crippen LogP contribution in [0.5, 0.6) is 0 Å². The predicted octanol–water partition coefficient (Wildman–Crippen LogP) is 2.47. The van der Waals surface area contributed by atoms with Crippen molar-refractivity contribution in [1.82, 2.24) is 10.3 Å². The van der Waals surface area contributed by atoms with Gasteiger partial charge in [-0.05, 0) is 24.6 Å². The average molecular weight is 297 g/mol. The second kappa shape index (κ2) is 4.76. The number of rotatable bonds is 3. The van der Waals surface area contributed by atoms with E-state index >= 15 is 0 Å². The summed E-state index contributed by atoms with van der Waals surface area (Å²) in [5, 5.41) is 3.38. The fourth-order valence-electron chi connectivity index (χ4n) is 1.95. The van der Waals surface area contributed by atoms with Gasteiger partial charge in [0.2, 0.25) is 5.89 Å². The van der Waals surface area contributed by atoms with Gasteiger partial charge >= 0.3 is 0 Å². The van der Waals surface area contributed by atoms with Crippen molar-refractivity contribution in [3.63, 3.8) is 0 Å². The van der Waals surface area contributed by atoms with Crippen LogP contribution in [0.3, 0.4) is 0 Å². The number of nitrogens with zero attached hydrogens (tertiary/aromatic N) is 1. The fourth-order valence-corrected chi connectivity index (χ4v) is 2.29. The number of oxazole rings is 1. The van der Waals surface area contributed by atoms with Gasteiger partial charge < -0.3 is 14.5 Å². The SMILES string of the molecule is Brc1ccc2nc(CNC3CCOC3)oc2c1. The topological polar surface area (TPSA) is 47.3 Å². The molecule has 1 aliphatic heterocycles. The van der Waals surface area contributed by atoms with E-state index in [-0.39, 0.29) is 0 Å². The molecule has 1 fully saturated rings. The highest BCUT2D eigenvalue weighted by molar-refractivity contribution is 9.10. The van der Waals surface area contributed by atoms with Crippen LogP contribution < -0.4 is 5.32 Å². The van der Waals surface area contributed by atoms with Crippen molar-refractivity contribution in [2.75, 3.05) is 13.2 Å². The predicted molar refractivity (Wildman–Crippen MR) is 67.8 cm³/mol. The molecule has 1 unspecified atom stereocenters. The van der Waals surface area contributed by atoms with Crippen molar-refractivity contribution in [2.45, 2.75) is 19.0 Å². The summed E-state index contributed by atoms with van der Waals surface area (Å²) in [5.41, 5.74) is 1.71. The lowest BCUT2D eigenvalue weighted by Gasteiger charge is -2.07. The summed E-state index contributed by atoms with van der Waals surface area (Å²) in [6, 6.07) is 6.28. The van der Waals surface area contributed by atoms with Gasteiger partial charge in [-0.15, -0.1) is 0 Å². The van der Waals surface area contributed by atoms with Crippen LogP contribution in [0.4, 0.5) is 0 Å². The molecule has 0 radical (unpaired) electrons. The molecule has 1 aromatic carbocycles. The molecule has 90 valence electrons. The lowest BCUT2D eigenvalue weighted by Crippen LogP contribution is -2.28. The molecular formula is C12H13BrN2O2. The number of nitrogens with one attached hydrogen (secondary N) is 1. The molecule has 5 heteroatoms. The largest absolute Gasteiger partial charge is 0.439 e. The maximum absolute atomic E-state index is 5.66. The number of hydrogen-bond donors (Lipinski definition) is 1. The van der Waals surface area contributed by atoms with Crippen LogP contribution in [0.1, 0.15) is 12.3 Å². The third kappa shape index (κ3) is 2.51. The maximum atomic E-state index is 5.66. The summed E-state index contributed by atoms with van der Waals surface area (Å²) in [7, 11) is 0. The van der Waals surface area contributed by atoms with Crippen LogP contribution in [0.25, 0.3) is 11.1 Å². The minimum Gasteiger partial charge on any atom is -0.439 e. The first-order valence-electron chi connectivity index (χ1n) is 5.67. The Bertz CT molecular complexity index is 520. The number of halogens is 1. The molecule has 3 rings (SSSR count). The lowest BCUT2D eigenvalue weighted by atomic mass is 10.3. The van der Waals surface area contributed by atoms with Crippen LogP contribution in [0, 0.1) is 0 Å². The summed E-state index contributed by atoms with van der Waals surface area (Å²) in [6.45, 7) is 2.28. The number of fused-ring (bicyclic) bond motifs is 1. The second-order valence-electron chi connectivity index (χ2n) is 4.16. The first-order valence-corrected chi connectivity index (χ1v) is 6.47. The molecule has 1 saturated heterocycles. The van der Waals surface area contributed by atoms with E-state index in [9.17, 15) is 0 Å². The van der Waals surface area contributed by atoms with Crippen LogP contribution in [0.15, 0.2) is 27.1 Å². The summed E-state index contributed by atoms with van der Waals surface area (Å²) in [5.74, 6) is 0.727. The molecule has 1 aromatic heterocycles. The van der Waals surface area contributed by atoms with Gasteiger partial charge in [-0.25, -0.2) is 4.98 Å². The van der Waals surface area contributed by atoms with E-state index < -0.39 is 0 Å². The zero-order chi connectivity index (χ0) is 11.7. The fraction of sp³-hybridized carbons (Fsp3) is 0.417. The molecule has 1 aliphatic rings. The molecule has 4 nitrogen and oxygen atoms in total. The zero-order valence-electron chi connectivity index (χ0n) is 9.28. The zero-order valence-corrected chi connectivity index (χ0v) is 10.9. The normalized spacial score (nSPS) is 20.2. The molecule has 0 spiro atoms. The first kappa shape index (κ1) is 11.2. The van der Waals surface area contributed by atoms with E-state index in [1.54, 1.807) is 0 Å². The van der Waals surface area contributed by atoms with Crippen molar-refractivity contribution in [1.29, 1.82) is 0 Å². The Morgan fingerprint density at radius 3 is 3.24 bits per heavy atom. The summed E-state index contributed by atoms with van der Waals surface area (Å²) in [4.78, 5) is 4.42. The van der Waals surface area contributed by atoms with Gasteiger partial charge in [0.1, 0.15) is 5.52 Å². The van der Waals surface area contributed by atoms with Crippen molar-refractivity contribution in [2.24, 2.45) is 0 Å². The molecule has 2 heterocycles. The van der Waals surface area contributed by atoms with E-state index in [1.165, 1.54) is 0 Å². The second-order valence-corrected chi connectivity index (χ2v) is 5.08. The van der Waals surface area contributed by atoms with Crippen LogP contribution in [-0.4, -0.2) is 24.2 Å². The van der Waals surface area contributed by atoms with Crippen molar-refractivity contribution in [3.8, 4) is 0 Å². The molecule has 0 amide bonds. The van der Waals surface area contributed by atoms with E-state index in [0.717, 1.165) is 41.1 Å². The van der Waals surface area contributed by atoms with E-state index in [2.05, 4.69) is 26.2 Å². The highest BCUT2D eigenvalue weighted by Gasteiger charge is 2.15. The van der Waals surface area contributed by atoms with E-state index in [1.807, 2.05) is 18.2 Å². The van der Waals surface area contributed by atoms with Crippen LogP contribution in [-0.2, 0) is 11.3 Å². The Morgan fingerprint density at radius 1 is 1.47 bits per heavy atom. The number of ether oxygens (including phenoxy) is 1. The van der Waals surface area contributed by atoms with Gasteiger partial charge in [0.15, 0.2) is 5.58 Å². The standard InChI is InChI=1S/C12H13BrN2O2/c13-8-1-2-10-11(5-8)17-12(15-10)6-14-9-3-4-16-7-9/h1-2,5,9,14H,3-4,6-7H2. The first-order chi connectivity index (χ1) is 8.31. The Kier molecular flexibility index (Phi) is 3.13. The van der Waals surface area contributed by atoms with Gasteiger partial charge in [-0.2, -0.15) is 0 Å². The van der Waals surface area contributed by atoms with Gasteiger partial charge in [-0.3, -0.25) is 0 Å². The van der Waals surface area contributed by atoms with Crippen molar-refractivity contribution >= 4 is 27.0 Å². The molecule has 1 atom stereocenters. The summed E-state index contributed by atoms with van der Waals surface area (Å²) >= 11 is 3.41. The van der Waals surface area contributed by atoms with E-state index in [4.69, 9.17) is 9.15 Å². The van der Waals surface area contributed by atoms with Crippen molar-refractivity contribution in [3.05, 3.63) is 28.6 Å². The highest BCUT2D eigenvalue weighted by Crippen LogP contribution is 2.20. The minimum absolute atomic E-state index is 0.428. The van der Waals surface area contributed by atoms with E-state index in [0.29, 0.717) is 12.6 Å². The number of benzene rings is 1. The quantitative estimate of drug-likeness (QED) is 0.945. The Hall–Kier alpha value is -0.910. The molecular weight excluding hydrogens is 284 g/mol. The monoisotopic (exact) mass is 296 g/mol. The van der Waals surface area contributed by atoms with Gasteiger partial charge in [0.25, 0.3) is 0 Å². The summed E-state index contributed by atoms with van der Waals surface area (Å²) < 4.78 is 12.0. The van der Waals surface area contributed by atoms with Gasteiger partial charge in [0, 0.05) is 17.1 Å². The molecule has 1 N–H and O–H groups in total. The average Bonchev–Trinajstić information content (AvgIpc) is 2.94.